The van der Waals surface area contributed by atoms with Gasteiger partial charge in [0.1, 0.15) is 0 Å². The van der Waals surface area contributed by atoms with Crippen LogP contribution >= 0.6 is 0 Å². The largest absolute Gasteiger partial charge is 0.396 e. The van der Waals surface area contributed by atoms with Gasteiger partial charge in [0.25, 0.3) is 0 Å². The third kappa shape index (κ3) is 4.42. The molecule has 6 atom stereocenters. The maximum atomic E-state index is 10.4. The van der Waals surface area contributed by atoms with Crippen LogP contribution in [0.3, 0.4) is 0 Å². The van der Waals surface area contributed by atoms with E-state index in [0.29, 0.717) is 31.1 Å². The average Bonchev–Trinajstić information content (AvgIpc) is 2.47. The monoisotopic (exact) mass is 310 g/mol. The summed E-state index contributed by atoms with van der Waals surface area (Å²) in [6.45, 7) is 2.12. The average molecular weight is 310 g/mol. The van der Waals surface area contributed by atoms with Gasteiger partial charge in [0.2, 0.25) is 0 Å². The van der Waals surface area contributed by atoms with Gasteiger partial charge < -0.3 is 20.4 Å². The number of fused-ring (bicyclic) bond motifs is 1. The number of aliphatic hydroxyl groups excluding tert-OH is 4. The van der Waals surface area contributed by atoms with Crippen LogP contribution in [-0.2, 0) is 0 Å². The SMILES string of the molecule is C[C@H]1C=CC2=CCC[C@H](O)[C@@H]2[C@H]1CC[C@@H](O)C[C@@H](O)CCO. The highest BCUT2D eigenvalue weighted by Crippen LogP contribution is 2.42. The molecule has 4 N–H and O–H groups in total. The van der Waals surface area contributed by atoms with E-state index in [-0.39, 0.29) is 18.6 Å². The minimum Gasteiger partial charge on any atom is -0.396 e. The van der Waals surface area contributed by atoms with Crippen LogP contribution in [0.5, 0.6) is 0 Å². The quantitative estimate of drug-likeness (QED) is 0.578. The molecule has 4 heteroatoms. The molecule has 0 amide bonds. The molecule has 0 aliphatic heterocycles. The van der Waals surface area contributed by atoms with Crippen LogP contribution in [0.2, 0.25) is 0 Å². The Kier molecular flexibility index (Phi) is 6.63. The highest BCUT2D eigenvalue weighted by atomic mass is 16.3. The summed E-state index contributed by atoms with van der Waals surface area (Å²) in [6.07, 6.45) is 8.97. The zero-order valence-electron chi connectivity index (χ0n) is 13.4. The van der Waals surface area contributed by atoms with Crippen molar-refractivity contribution >= 4 is 0 Å². The minimum absolute atomic E-state index is 0.0548. The summed E-state index contributed by atoms with van der Waals surface area (Å²) >= 11 is 0. The minimum atomic E-state index is -0.639. The third-order valence-corrected chi connectivity index (χ3v) is 5.21. The lowest BCUT2D eigenvalue weighted by Gasteiger charge is -2.40. The maximum Gasteiger partial charge on any atom is 0.0614 e. The number of rotatable bonds is 7. The van der Waals surface area contributed by atoms with Gasteiger partial charge in [-0.15, -0.1) is 0 Å². The lowest BCUT2D eigenvalue weighted by molar-refractivity contribution is 0.0385. The molecule has 0 unspecified atom stereocenters. The molecule has 0 saturated heterocycles. The highest BCUT2D eigenvalue weighted by molar-refractivity contribution is 5.30. The smallest absolute Gasteiger partial charge is 0.0614 e. The molecule has 126 valence electrons. The highest BCUT2D eigenvalue weighted by Gasteiger charge is 2.37. The fourth-order valence-corrected chi connectivity index (χ4v) is 3.93. The van der Waals surface area contributed by atoms with E-state index < -0.39 is 12.2 Å². The second kappa shape index (κ2) is 8.25. The summed E-state index contributed by atoms with van der Waals surface area (Å²) in [6, 6.07) is 0. The number of hydrogen-bond donors (Lipinski definition) is 4. The van der Waals surface area contributed by atoms with Gasteiger partial charge in [0.15, 0.2) is 0 Å². The second-order valence-corrected chi connectivity index (χ2v) is 6.89. The molecule has 0 radical (unpaired) electrons. The molecule has 0 aromatic carbocycles. The summed E-state index contributed by atoms with van der Waals surface area (Å²) in [5, 5.41) is 38.9. The summed E-state index contributed by atoms with van der Waals surface area (Å²) < 4.78 is 0. The summed E-state index contributed by atoms with van der Waals surface area (Å²) in [5.41, 5.74) is 1.25. The molecule has 2 rings (SSSR count). The van der Waals surface area contributed by atoms with Gasteiger partial charge in [0, 0.05) is 12.5 Å². The molecule has 0 aromatic heterocycles. The van der Waals surface area contributed by atoms with E-state index in [1.807, 2.05) is 0 Å². The maximum absolute atomic E-state index is 10.4. The summed E-state index contributed by atoms with van der Waals surface area (Å²) in [4.78, 5) is 0. The Morgan fingerprint density at radius 3 is 2.68 bits per heavy atom. The Bertz CT molecular complexity index is 404. The molecule has 2 aliphatic rings. The van der Waals surface area contributed by atoms with E-state index in [1.54, 1.807) is 0 Å². The molecular weight excluding hydrogens is 280 g/mol. The van der Waals surface area contributed by atoms with Gasteiger partial charge >= 0.3 is 0 Å². The van der Waals surface area contributed by atoms with E-state index >= 15 is 0 Å². The fourth-order valence-electron chi connectivity index (χ4n) is 3.93. The molecule has 0 bridgehead atoms. The topological polar surface area (TPSA) is 80.9 Å². The lowest BCUT2D eigenvalue weighted by Crippen LogP contribution is -2.37. The van der Waals surface area contributed by atoms with Crippen LogP contribution in [0.25, 0.3) is 0 Å². The van der Waals surface area contributed by atoms with Crippen LogP contribution in [0.15, 0.2) is 23.8 Å². The first kappa shape index (κ1) is 17.7. The van der Waals surface area contributed by atoms with Crippen LogP contribution in [-0.4, -0.2) is 45.3 Å². The van der Waals surface area contributed by atoms with Gasteiger partial charge in [-0.05, 0) is 55.9 Å². The Labute approximate surface area is 133 Å². The van der Waals surface area contributed by atoms with Crippen molar-refractivity contribution in [3.63, 3.8) is 0 Å². The van der Waals surface area contributed by atoms with Crippen molar-refractivity contribution in [2.75, 3.05) is 6.61 Å². The van der Waals surface area contributed by atoms with Gasteiger partial charge in [-0.25, -0.2) is 0 Å². The normalized spacial score (nSPS) is 34.0. The third-order valence-electron chi connectivity index (χ3n) is 5.21. The number of hydrogen-bond acceptors (Lipinski definition) is 4. The number of allylic oxidation sites excluding steroid dienone is 3. The molecule has 0 aromatic rings. The number of aliphatic hydroxyl groups is 4. The van der Waals surface area contributed by atoms with E-state index in [2.05, 4.69) is 25.2 Å². The molecular formula is C18H30O4. The second-order valence-electron chi connectivity index (χ2n) is 6.89. The standard InChI is InChI=1S/C18H30O4/c1-12-5-6-13-3-2-4-17(22)18(13)16(12)8-7-14(20)11-15(21)9-10-19/h3,5-6,12,14-22H,2,4,7-11H2,1H3/t12-,14+,15-,16-,17-,18-/m0/s1. The summed E-state index contributed by atoms with van der Waals surface area (Å²) in [7, 11) is 0. The van der Waals surface area contributed by atoms with Crippen LogP contribution in [0.1, 0.15) is 45.4 Å². The van der Waals surface area contributed by atoms with Crippen LogP contribution in [0, 0.1) is 17.8 Å². The lowest BCUT2D eigenvalue weighted by atomic mass is 9.66. The zero-order chi connectivity index (χ0) is 16.1. The predicted molar refractivity (Wildman–Crippen MR) is 86.2 cm³/mol. The van der Waals surface area contributed by atoms with Crippen LogP contribution < -0.4 is 0 Å². The van der Waals surface area contributed by atoms with E-state index in [9.17, 15) is 15.3 Å². The van der Waals surface area contributed by atoms with Gasteiger partial charge in [-0.2, -0.15) is 0 Å². The molecule has 0 heterocycles. The van der Waals surface area contributed by atoms with Crippen molar-refractivity contribution in [1.29, 1.82) is 0 Å². The van der Waals surface area contributed by atoms with Gasteiger partial charge in [-0.3, -0.25) is 0 Å². The van der Waals surface area contributed by atoms with Crippen molar-refractivity contribution in [3.05, 3.63) is 23.8 Å². The molecule has 0 fully saturated rings. The van der Waals surface area contributed by atoms with Crippen molar-refractivity contribution < 1.29 is 20.4 Å². The Morgan fingerprint density at radius 2 is 1.95 bits per heavy atom. The zero-order valence-corrected chi connectivity index (χ0v) is 13.4. The van der Waals surface area contributed by atoms with E-state index in [1.165, 1.54) is 5.57 Å². The van der Waals surface area contributed by atoms with Crippen molar-refractivity contribution in [2.45, 2.75) is 63.8 Å². The first-order chi connectivity index (χ1) is 10.5. The van der Waals surface area contributed by atoms with Crippen molar-refractivity contribution in [2.24, 2.45) is 17.8 Å². The molecule has 2 aliphatic carbocycles. The van der Waals surface area contributed by atoms with Gasteiger partial charge in [-0.1, -0.05) is 25.2 Å². The van der Waals surface area contributed by atoms with Crippen molar-refractivity contribution in [1.82, 2.24) is 0 Å². The Balaban J connectivity index is 1.91. The summed E-state index contributed by atoms with van der Waals surface area (Å²) in [5.74, 6) is 0.920. The molecule has 0 saturated carbocycles. The molecule has 22 heavy (non-hydrogen) atoms. The Hall–Kier alpha value is -0.680. The van der Waals surface area contributed by atoms with Gasteiger partial charge in [0.05, 0.1) is 18.3 Å². The molecule has 4 nitrogen and oxygen atoms in total. The van der Waals surface area contributed by atoms with E-state index in [0.717, 1.165) is 19.3 Å². The first-order valence-electron chi connectivity index (χ1n) is 8.56. The first-order valence-corrected chi connectivity index (χ1v) is 8.56. The predicted octanol–water partition coefficient (Wildman–Crippen LogP) is 1.78. The molecule has 0 spiro atoms. The fraction of sp³-hybridized carbons (Fsp3) is 0.778. The Morgan fingerprint density at radius 1 is 1.23 bits per heavy atom. The van der Waals surface area contributed by atoms with E-state index in [4.69, 9.17) is 5.11 Å². The van der Waals surface area contributed by atoms with Crippen molar-refractivity contribution in [3.8, 4) is 0 Å². The van der Waals surface area contributed by atoms with Crippen LogP contribution in [0.4, 0.5) is 0 Å².